The third-order valence-electron chi connectivity index (χ3n) is 2.71. The molecule has 0 aliphatic rings. The summed E-state index contributed by atoms with van der Waals surface area (Å²) in [7, 11) is 0. The third kappa shape index (κ3) is 3.06. The second-order valence-corrected chi connectivity index (χ2v) is 3.92. The average Bonchev–Trinajstić information content (AvgIpc) is 2.28. The summed E-state index contributed by atoms with van der Waals surface area (Å²) in [5, 5.41) is 0. The van der Waals surface area contributed by atoms with Crippen molar-refractivity contribution in [2.45, 2.75) is 33.1 Å². The van der Waals surface area contributed by atoms with E-state index in [-0.39, 0.29) is 17.7 Å². The molecule has 1 rings (SSSR count). The van der Waals surface area contributed by atoms with Gasteiger partial charge < -0.3 is 0 Å². The van der Waals surface area contributed by atoms with E-state index < -0.39 is 5.82 Å². The number of rotatable bonds is 2. The van der Waals surface area contributed by atoms with Crippen molar-refractivity contribution in [3.63, 3.8) is 0 Å². The highest BCUT2D eigenvalue weighted by Crippen LogP contribution is 2.26. The van der Waals surface area contributed by atoms with E-state index in [0.717, 1.165) is 12.5 Å². The molecule has 0 N–H and O–H groups in total. The van der Waals surface area contributed by atoms with Crippen LogP contribution in [0.4, 0.5) is 8.78 Å². The average molecular weight is 222 g/mol. The van der Waals surface area contributed by atoms with Crippen molar-refractivity contribution in [3.8, 4) is 11.8 Å². The van der Waals surface area contributed by atoms with Crippen molar-refractivity contribution in [2.24, 2.45) is 5.92 Å². The fourth-order valence-corrected chi connectivity index (χ4v) is 1.52. The van der Waals surface area contributed by atoms with E-state index >= 15 is 0 Å². The van der Waals surface area contributed by atoms with Crippen LogP contribution in [0.1, 0.15) is 38.7 Å². The van der Waals surface area contributed by atoms with Crippen LogP contribution in [-0.4, -0.2) is 0 Å². The van der Waals surface area contributed by atoms with Crippen LogP contribution >= 0.6 is 0 Å². The largest absolute Gasteiger partial charge is 0.207 e. The van der Waals surface area contributed by atoms with Gasteiger partial charge in [-0.3, -0.25) is 0 Å². The Balaban J connectivity index is 2.95. The SMILES string of the molecule is CCC#CC(C)C(C)c1cc(F)ccc1F. The fourth-order valence-electron chi connectivity index (χ4n) is 1.52. The van der Waals surface area contributed by atoms with Gasteiger partial charge in [0.1, 0.15) is 11.6 Å². The highest BCUT2D eigenvalue weighted by Gasteiger charge is 2.16. The summed E-state index contributed by atoms with van der Waals surface area (Å²) in [5.41, 5.74) is 0.401. The number of hydrogen-bond donors (Lipinski definition) is 0. The summed E-state index contributed by atoms with van der Waals surface area (Å²) in [6.07, 6.45) is 0.780. The molecule has 2 atom stereocenters. The molecular weight excluding hydrogens is 206 g/mol. The predicted octanol–water partition coefficient (Wildman–Crippen LogP) is 4.12. The molecule has 0 heterocycles. The molecule has 0 aliphatic carbocycles. The highest BCUT2D eigenvalue weighted by molar-refractivity contribution is 5.25. The first-order valence-electron chi connectivity index (χ1n) is 5.49. The van der Waals surface area contributed by atoms with Crippen molar-refractivity contribution in [3.05, 3.63) is 35.4 Å². The van der Waals surface area contributed by atoms with Crippen molar-refractivity contribution in [2.75, 3.05) is 0 Å². The van der Waals surface area contributed by atoms with Crippen LogP contribution in [0.5, 0.6) is 0 Å². The lowest BCUT2D eigenvalue weighted by Gasteiger charge is -2.16. The summed E-state index contributed by atoms with van der Waals surface area (Å²) in [4.78, 5) is 0. The molecule has 2 unspecified atom stereocenters. The van der Waals surface area contributed by atoms with E-state index in [4.69, 9.17) is 0 Å². The predicted molar refractivity (Wildman–Crippen MR) is 62.0 cm³/mol. The zero-order valence-corrected chi connectivity index (χ0v) is 9.85. The summed E-state index contributed by atoms with van der Waals surface area (Å²) in [5.74, 6) is 5.16. The van der Waals surface area contributed by atoms with Crippen molar-refractivity contribution >= 4 is 0 Å². The zero-order chi connectivity index (χ0) is 12.1. The molecular formula is C14H16F2. The molecule has 16 heavy (non-hydrogen) atoms. The zero-order valence-electron chi connectivity index (χ0n) is 9.85. The molecule has 1 aromatic carbocycles. The van der Waals surface area contributed by atoms with Gasteiger partial charge in [0.15, 0.2) is 0 Å². The van der Waals surface area contributed by atoms with Gasteiger partial charge in [-0.15, -0.1) is 5.92 Å². The van der Waals surface area contributed by atoms with E-state index in [2.05, 4.69) is 11.8 Å². The van der Waals surface area contributed by atoms with Crippen LogP contribution < -0.4 is 0 Å². The van der Waals surface area contributed by atoms with Crippen LogP contribution in [0, 0.1) is 29.4 Å². The van der Waals surface area contributed by atoms with Gasteiger partial charge in [-0.25, -0.2) is 8.78 Å². The van der Waals surface area contributed by atoms with Gasteiger partial charge in [0.05, 0.1) is 0 Å². The summed E-state index contributed by atoms with van der Waals surface area (Å²) in [6.45, 7) is 5.76. The topological polar surface area (TPSA) is 0 Å². The molecule has 0 radical (unpaired) electrons. The van der Waals surface area contributed by atoms with E-state index in [0.29, 0.717) is 5.56 Å². The standard InChI is InChI=1S/C14H16F2/c1-4-5-6-10(2)11(3)13-9-12(15)7-8-14(13)16/h7-11H,4H2,1-3H3. The molecule has 0 saturated carbocycles. The first-order valence-corrected chi connectivity index (χ1v) is 5.49. The monoisotopic (exact) mass is 222 g/mol. The minimum atomic E-state index is -0.404. The van der Waals surface area contributed by atoms with Gasteiger partial charge in [-0.2, -0.15) is 0 Å². The Morgan fingerprint density at radius 2 is 1.94 bits per heavy atom. The Bertz CT molecular complexity index is 412. The lowest BCUT2D eigenvalue weighted by atomic mass is 9.89. The molecule has 1 aromatic rings. The van der Waals surface area contributed by atoms with Crippen LogP contribution in [0.3, 0.4) is 0 Å². The summed E-state index contributed by atoms with van der Waals surface area (Å²) < 4.78 is 26.5. The molecule has 0 nitrogen and oxygen atoms in total. The van der Waals surface area contributed by atoms with E-state index in [9.17, 15) is 8.78 Å². The second kappa shape index (κ2) is 5.65. The van der Waals surface area contributed by atoms with E-state index in [1.165, 1.54) is 12.1 Å². The Labute approximate surface area is 95.7 Å². The van der Waals surface area contributed by atoms with E-state index in [1.807, 2.05) is 20.8 Å². The smallest absolute Gasteiger partial charge is 0.126 e. The van der Waals surface area contributed by atoms with Crippen LogP contribution in [0.15, 0.2) is 18.2 Å². The van der Waals surface area contributed by atoms with Gasteiger partial charge in [-0.05, 0) is 29.7 Å². The lowest BCUT2D eigenvalue weighted by Crippen LogP contribution is -2.06. The number of benzene rings is 1. The highest BCUT2D eigenvalue weighted by atomic mass is 19.1. The maximum absolute atomic E-state index is 13.5. The Kier molecular flexibility index (Phi) is 4.49. The molecule has 0 bridgehead atoms. The molecule has 0 aromatic heterocycles. The van der Waals surface area contributed by atoms with Gasteiger partial charge in [-0.1, -0.05) is 26.7 Å². The molecule has 0 fully saturated rings. The second-order valence-electron chi connectivity index (χ2n) is 3.92. The summed E-state index contributed by atoms with van der Waals surface area (Å²) >= 11 is 0. The molecule has 0 saturated heterocycles. The number of hydrogen-bond acceptors (Lipinski definition) is 0. The number of halogens is 2. The van der Waals surface area contributed by atoms with Crippen molar-refractivity contribution in [1.82, 2.24) is 0 Å². The summed E-state index contributed by atoms with van der Waals surface area (Å²) in [6, 6.07) is 3.55. The van der Waals surface area contributed by atoms with Gasteiger partial charge in [0, 0.05) is 12.3 Å². The van der Waals surface area contributed by atoms with Crippen molar-refractivity contribution in [1.29, 1.82) is 0 Å². The Morgan fingerprint density at radius 3 is 2.56 bits per heavy atom. The lowest BCUT2D eigenvalue weighted by molar-refractivity contribution is 0.533. The third-order valence-corrected chi connectivity index (χ3v) is 2.71. The first-order chi connectivity index (χ1) is 7.56. The van der Waals surface area contributed by atoms with Gasteiger partial charge in [0.25, 0.3) is 0 Å². The Hall–Kier alpha value is -1.36. The quantitative estimate of drug-likeness (QED) is 0.660. The molecule has 0 spiro atoms. The maximum atomic E-state index is 13.5. The van der Waals surface area contributed by atoms with Gasteiger partial charge in [0.2, 0.25) is 0 Å². The molecule has 0 amide bonds. The Morgan fingerprint density at radius 1 is 1.25 bits per heavy atom. The molecule has 86 valence electrons. The van der Waals surface area contributed by atoms with Crippen LogP contribution in [-0.2, 0) is 0 Å². The minimum absolute atomic E-state index is 0.0243. The minimum Gasteiger partial charge on any atom is -0.207 e. The first kappa shape index (κ1) is 12.7. The maximum Gasteiger partial charge on any atom is 0.126 e. The molecule has 0 aliphatic heterocycles. The fraction of sp³-hybridized carbons (Fsp3) is 0.429. The van der Waals surface area contributed by atoms with Crippen molar-refractivity contribution < 1.29 is 8.78 Å². The molecule has 2 heteroatoms. The van der Waals surface area contributed by atoms with Crippen LogP contribution in [0.25, 0.3) is 0 Å². The normalized spacial score (nSPS) is 13.8. The van der Waals surface area contributed by atoms with E-state index in [1.54, 1.807) is 0 Å². The van der Waals surface area contributed by atoms with Crippen LogP contribution in [0.2, 0.25) is 0 Å². The van der Waals surface area contributed by atoms with Gasteiger partial charge >= 0.3 is 0 Å².